The van der Waals surface area contributed by atoms with Crippen molar-refractivity contribution in [2.24, 2.45) is 10.4 Å². The third-order valence-corrected chi connectivity index (χ3v) is 5.70. The minimum absolute atomic E-state index is 0. The summed E-state index contributed by atoms with van der Waals surface area (Å²) in [5.74, 6) is 1.05. The lowest BCUT2D eigenvalue weighted by atomic mass is 9.68. The van der Waals surface area contributed by atoms with Crippen LogP contribution in [0.25, 0.3) is 0 Å². The molecule has 5 nitrogen and oxygen atoms in total. The molecule has 2 saturated carbocycles. The fourth-order valence-electron chi connectivity index (χ4n) is 3.97. The van der Waals surface area contributed by atoms with E-state index in [0.29, 0.717) is 11.5 Å². The van der Waals surface area contributed by atoms with E-state index in [2.05, 4.69) is 15.2 Å². The molecule has 3 rings (SSSR count). The molecule has 3 fully saturated rings. The standard InChI is InChI=1S/C17H30N4O.HI/c1-20(2)15(22)12-18-16(19-14-6-3-4-7-14)21-11-10-17(13-21)8-5-9-17;/h14H,3-13H2,1-2H3,(H,18,19);1H. The molecule has 132 valence electrons. The average molecular weight is 434 g/mol. The third kappa shape index (κ3) is 4.51. The number of nitrogens with zero attached hydrogens (tertiary/aromatic N) is 3. The lowest BCUT2D eigenvalue weighted by Gasteiger charge is -2.38. The van der Waals surface area contributed by atoms with Crippen LogP contribution in [0.2, 0.25) is 0 Å². The van der Waals surface area contributed by atoms with E-state index in [0.717, 1.165) is 19.0 Å². The number of nitrogens with one attached hydrogen (secondary N) is 1. The fourth-order valence-corrected chi connectivity index (χ4v) is 3.97. The summed E-state index contributed by atoms with van der Waals surface area (Å²) in [5.41, 5.74) is 0.559. The van der Waals surface area contributed by atoms with Crippen LogP contribution in [0, 0.1) is 5.41 Å². The molecule has 1 saturated heterocycles. The molecule has 1 N–H and O–H groups in total. The van der Waals surface area contributed by atoms with Crippen molar-refractivity contribution in [3.63, 3.8) is 0 Å². The molecule has 0 radical (unpaired) electrons. The topological polar surface area (TPSA) is 47.9 Å². The van der Waals surface area contributed by atoms with Crippen LogP contribution >= 0.6 is 24.0 Å². The molecule has 1 spiro atoms. The lowest BCUT2D eigenvalue weighted by Crippen LogP contribution is -2.46. The number of likely N-dealkylation sites (tertiary alicyclic amines) is 1. The Bertz CT molecular complexity index is 442. The van der Waals surface area contributed by atoms with Crippen molar-refractivity contribution >= 4 is 35.8 Å². The van der Waals surface area contributed by atoms with Gasteiger partial charge in [-0.1, -0.05) is 19.3 Å². The summed E-state index contributed by atoms with van der Waals surface area (Å²) in [6.07, 6.45) is 10.5. The molecule has 0 atom stereocenters. The van der Waals surface area contributed by atoms with Crippen molar-refractivity contribution in [3.05, 3.63) is 0 Å². The highest BCUT2D eigenvalue weighted by atomic mass is 127. The van der Waals surface area contributed by atoms with Gasteiger partial charge in [-0.25, -0.2) is 4.99 Å². The van der Waals surface area contributed by atoms with Gasteiger partial charge in [0.25, 0.3) is 0 Å². The van der Waals surface area contributed by atoms with E-state index in [9.17, 15) is 4.79 Å². The Morgan fingerprint density at radius 1 is 1.22 bits per heavy atom. The maximum Gasteiger partial charge on any atom is 0.243 e. The molecule has 1 amide bonds. The largest absolute Gasteiger partial charge is 0.353 e. The van der Waals surface area contributed by atoms with Crippen LogP contribution in [0.5, 0.6) is 0 Å². The van der Waals surface area contributed by atoms with E-state index < -0.39 is 0 Å². The zero-order valence-corrected chi connectivity index (χ0v) is 16.8. The number of halogens is 1. The van der Waals surface area contributed by atoms with E-state index in [1.165, 1.54) is 51.4 Å². The Labute approximate surface area is 157 Å². The van der Waals surface area contributed by atoms with Crippen molar-refractivity contribution in [1.29, 1.82) is 0 Å². The number of hydrogen-bond donors (Lipinski definition) is 1. The molecule has 0 aromatic heterocycles. The van der Waals surface area contributed by atoms with Crippen molar-refractivity contribution in [3.8, 4) is 0 Å². The summed E-state index contributed by atoms with van der Waals surface area (Å²) in [4.78, 5) is 20.5. The maximum absolute atomic E-state index is 11.9. The quantitative estimate of drug-likeness (QED) is 0.422. The maximum atomic E-state index is 11.9. The Morgan fingerprint density at radius 2 is 1.91 bits per heavy atom. The number of hydrogen-bond acceptors (Lipinski definition) is 2. The Hall–Kier alpha value is -0.530. The SMILES string of the molecule is CN(C)C(=O)CN=C(NC1CCCC1)N1CCC2(CCC2)C1.I. The number of likely N-dealkylation sites (N-methyl/N-ethyl adjacent to an activating group) is 1. The van der Waals surface area contributed by atoms with Crippen LogP contribution in [-0.2, 0) is 4.79 Å². The van der Waals surface area contributed by atoms with Gasteiger partial charge in [0.15, 0.2) is 5.96 Å². The first-order valence-corrected chi connectivity index (χ1v) is 8.84. The van der Waals surface area contributed by atoms with Gasteiger partial charge in [-0.3, -0.25) is 4.79 Å². The highest BCUT2D eigenvalue weighted by molar-refractivity contribution is 14.0. The molecule has 0 unspecified atom stereocenters. The predicted molar refractivity (Wildman–Crippen MR) is 104 cm³/mol. The molecule has 0 aromatic rings. The Balaban J connectivity index is 0.00000192. The monoisotopic (exact) mass is 434 g/mol. The number of carbonyl (C=O) groups excluding carboxylic acids is 1. The van der Waals surface area contributed by atoms with E-state index in [-0.39, 0.29) is 36.4 Å². The first-order valence-electron chi connectivity index (χ1n) is 8.84. The zero-order chi connectivity index (χ0) is 15.6. The summed E-state index contributed by atoms with van der Waals surface area (Å²) in [6.45, 7) is 2.47. The Kier molecular flexibility index (Phi) is 6.57. The molecule has 0 bridgehead atoms. The number of amides is 1. The van der Waals surface area contributed by atoms with Gasteiger partial charge in [0.2, 0.25) is 5.91 Å². The molecular weight excluding hydrogens is 403 g/mol. The molecule has 2 aliphatic carbocycles. The molecular formula is C17H31IN4O. The second kappa shape index (κ2) is 8.03. The number of aliphatic imine (C=N–C) groups is 1. The van der Waals surface area contributed by atoms with E-state index >= 15 is 0 Å². The van der Waals surface area contributed by atoms with Crippen molar-refractivity contribution in [1.82, 2.24) is 15.1 Å². The lowest BCUT2D eigenvalue weighted by molar-refractivity contribution is -0.127. The predicted octanol–water partition coefficient (Wildman–Crippen LogP) is 2.46. The van der Waals surface area contributed by atoms with Gasteiger partial charge in [-0.2, -0.15) is 0 Å². The number of guanidine groups is 1. The normalized spacial score (nSPS) is 23.6. The van der Waals surface area contributed by atoms with Gasteiger partial charge >= 0.3 is 0 Å². The second-order valence-electron chi connectivity index (χ2n) is 7.58. The number of rotatable bonds is 3. The van der Waals surface area contributed by atoms with Crippen molar-refractivity contribution < 1.29 is 4.79 Å². The van der Waals surface area contributed by atoms with Crippen molar-refractivity contribution in [2.45, 2.75) is 57.4 Å². The summed E-state index contributed by atoms with van der Waals surface area (Å²) in [7, 11) is 3.59. The summed E-state index contributed by atoms with van der Waals surface area (Å²) in [6, 6.07) is 0.547. The van der Waals surface area contributed by atoms with Crippen LogP contribution in [-0.4, -0.2) is 61.4 Å². The third-order valence-electron chi connectivity index (χ3n) is 5.70. The average Bonchev–Trinajstić information content (AvgIpc) is 3.11. The fraction of sp³-hybridized carbons (Fsp3) is 0.882. The van der Waals surface area contributed by atoms with E-state index in [1.54, 1.807) is 19.0 Å². The Morgan fingerprint density at radius 3 is 2.43 bits per heavy atom. The van der Waals surface area contributed by atoms with Gasteiger partial charge < -0.3 is 15.1 Å². The first-order chi connectivity index (χ1) is 10.6. The van der Waals surface area contributed by atoms with Crippen LogP contribution in [0.3, 0.4) is 0 Å². The number of carbonyl (C=O) groups is 1. The van der Waals surface area contributed by atoms with E-state index in [1.807, 2.05) is 0 Å². The van der Waals surface area contributed by atoms with Gasteiger partial charge in [0.1, 0.15) is 6.54 Å². The van der Waals surface area contributed by atoms with Crippen LogP contribution < -0.4 is 5.32 Å². The molecule has 1 aliphatic heterocycles. The van der Waals surface area contributed by atoms with Gasteiger partial charge in [-0.05, 0) is 37.5 Å². The minimum Gasteiger partial charge on any atom is -0.353 e. The van der Waals surface area contributed by atoms with Crippen LogP contribution in [0.4, 0.5) is 0 Å². The zero-order valence-electron chi connectivity index (χ0n) is 14.5. The summed E-state index contributed by atoms with van der Waals surface area (Å²) < 4.78 is 0. The molecule has 23 heavy (non-hydrogen) atoms. The summed E-state index contributed by atoms with van der Waals surface area (Å²) in [5, 5.41) is 3.64. The van der Waals surface area contributed by atoms with E-state index in [4.69, 9.17) is 0 Å². The van der Waals surface area contributed by atoms with Gasteiger partial charge in [-0.15, -0.1) is 24.0 Å². The van der Waals surface area contributed by atoms with Crippen LogP contribution in [0.15, 0.2) is 4.99 Å². The molecule has 3 aliphatic rings. The minimum atomic E-state index is 0. The van der Waals surface area contributed by atoms with Crippen LogP contribution in [0.1, 0.15) is 51.4 Å². The second-order valence-corrected chi connectivity index (χ2v) is 7.58. The van der Waals surface area contributed by atoms with Gasteiger partial charge in [0, 0.05) is 33.2 Å². The highest BCUT2D eigenvalue weighted by Gasteiger charge is 2.43. The van der Waals surface area contributed by atoms with Gasteiger partial charge in [0.05, 0.1) is 0 Å². The highest BCUT2D eigenvalue weighted by Crippen LogP contribution is 2.47. The first kappa shape index (κ1) is 18.8. The van der Waals surface area contributed by atoms with Crippen molar-refractivity contribution in [2.75, 3.05) is 33.7 Å². The summed E-state index contributed by atoms with van der Waals surface area (Å²) >= 11 is 0. The smallest absolute Gasteiger partial charge is 0.243 e. The molecule has 1 heterocycles. The molecule has 0 aromatic carbocycles. The molecule has 6 heteroatoms.